The number of amides is 2. The number of nitro benzene ring substituents is 1. The standard InChI is InChI=1S/C22H16ClN3O5/c23-16-5-1-10(7-17(16)26(29)30)18-6-2-11(31-18)9-24-25-21(27)19-12-3-4-13(15-8-14(12)15)20(19)22(25)28/h1-7,9,12-15,19-20H,8H2/b24-9-/t12-,13-,14-,15-,19+,20+/m1/s1. The van der Waals surface area contributed by atoms with Crippen molar-refractivity contribution in [3.8, 4) is 11.3 Å². The molecule has 3 fully saturated rings. The molecule has 8 nitrogen and oxygen atoms in total. The molecule has 0 radical (unpaired) electrons. The Morgan fingerprint density at radius 2 is 1.77 bits per heavy atom. The number of imide groups is 1. The monoisotopic (exact) mass is 437 g/mol. The van der Waals surface area contributed by atoms with Gasteiger partial charge in [-0.25, -0.2) is 0 Å². The average molecular weight is 438 g/mol. The lowest BCUT2D eigenvalue weighted by atomic mass is 9.63. The van der Waals surface area contributed by atoms with E-state index in [0.717, 1.165) is 11.4 Å². The van der Waals surface area contributed by atoms with Gasteiger partial charge in [-0.3, -0.25) is 19.7 Å². The number of rotatable bonds is 4. The number of benzene rings is 1. The highest BCUT2D eigenvalue weighted by Crippen LogP contribution is 2.65. The van der Waals surface area contributed by atoms with Gasteiger partial charge >= 0.3 is 0 Å². The van der Waals surface area contributed by atoms with E-state index in [4.69, 9.17) is 16.0 Å². The highest BCUT2D eigenvalue weighted by molar-refractivity contribution is 6.32. The van der Waals surface area contributed by atoms with Crippen LogP contribution in [0.3, 0.4) is 0 Å². The van der Waals surface area contributed by atoms with Crippen molar-refractivity contribution >= 4 is 35.3 Å². The molecular weight excluding hydrogens is 422 g/mol. The van der Waals surface area contributed by atoms with Crippen LogP contribution in [0.25, 0.3) is 11.3 Å². The molecule has 2 bridgehead atoms. The van der Waals surface area contributed by atoms with Crippen LogP contribution in [0.15, 0.2) is 52.0 Å². The number of carbonyl (C=O) groups excluding carboxylic acids is 2. The van der Waals surface area contributed by atoms with Crippen LogP contribution in [0.1, 0.15) is 12.2 Å². The molecule has 1 aromatic heterocycles. The predicted octanol–water partition coefficient (Wildman–Crippen LogP) is 3.90. The van der Waals surface area contributed by atoms with Crippen LogP contribution in [-0.2, 0) is 9.59 Å². The third kappa shape index (κ3) is 2.64. The molecule has 9 heteroatoms. The van der Waals surface area contributed by atoms with Gasteiger partial charge in [0.05, 0.1) is 23.0 Å². The van der Waals surface area contributed by atoms with Crippen LogP contribution in [-0.4, -0.2) is 28.0 Å². The average Bonchev–Trinajstić information content (AvgIpc) is 3.39. The quantitative estimate of drug-likeness (QED) is 0.237. The van der Waals surface area contributed by atoms with Crippen molar-refractivity contribution in [3.05, 3.63) is 63.4 Å². The van der Waals surface area contributed by atoms with Gasteiger partial charge in [0.1, 0.15) is 16.5 Å². The first kappa shape index (κ1) is 18.5. The van der Waals surface area contributed by atoms with Gasteiger partial charge in [-0.05, 0) is 54.4 Å². The van der Waals surface area contributed by atoms with Crippen LogP contribution in [0.4, 0.5) is 5.69 Å². The topological polar surface area (TPSA) is 106 Å². The van der Waals surface area contributed by atoms with Gasteiger partial charge in [0, 0.05) is 11.6 Å². The largest absolute Gasteiger partial charge is 0.455 e. The molecule has 156 valence electrons. The summed E-state index contributed by atoms with van der Waals surface area (Å²) in [5.41, 5.74) is 0.264. The summed E-state index contributed by atoms with van der Waals surface area (Å²) in [6, 6.07) is 7.63. The molecule has 2 amide bonds. The third-order valence-electron chi connectivity index (χ3n) is 6.99. The second kappa shape index (κ2) is 6.37. The number of carbonyl (C=O) groups is 2. The fourth-order valence-corrected chi connectivity index (χ4v) is 5.74. The molecule has 1 aromatic carbocycles. The maximum atomic E-state index is 12.9. The summed E-state index contributed by atoms with van der Waals surface area (Å²) in [7, 11) is 0. The summed E-state index contributed by atoms with van der Waals surface area (Å²) < 4.78 is 5.70. The van der Waals surface area contributed by atoms with Crippen molar-refractivity contribution in [2.45, 2.75) is 6.42 Å². The molecule has 6 atom stereocenters. The van der Waals surface area contributed by atoms with Crippen molar-refractivity contribution in [1.82, 2.24) is 5.01 Å². The fourth-order valence-electron chi connectivity index (χ4n) is 5.55. The van der Waals surface area contributed by atoms with Gasteiger partial charge in [-0.2, -0.15) is 10.1 Å². The Hall–Kier alpha value is -3.26. The maximum Gasteiger partial charge on any atom is 0.288 e. The molecule has 2 aromatic rings. The molecule has 0 unspecified atom stereocenters. The second-order valence-electron chi connectivity index (χ2n) is 8.51. The Morgan fingerprint density at radius 3 is 2.42 bits per heavy atom. The van der Waals surface area contributed by atoms with Crippen LogP contribution in [0.5, 0.6) is 0 Å². The normalized spacial score (nSPS) is 32.6. The highest BCUT2D eigenvalue weighted by Gasteiger charge is 2.67. The minimum absolute atomic E-state index is 0.0377. The Kier molecular flexibility index (Phi) is 3.80. The number of nitrogens with zero attached hydrogens (tertiary/aromatic N) is 3. The summed E-state index contributed by atoms with van der Waals surface area (Å²) in [6.45, 7) is 0. The molecule has 2 heterocycles. The minimum atomic E-state index is -0.562. The first-order chi connectivity index (χ1) is 14.9. The molecule has 0 spiro atoms. The van der Waals surface area contributed by atoms with E-state index in [1.807, 2.05) is 0 Å². The molecule has 31 heavy (non-hydrogen) atoms. The molecule has 2 saturated carbocycles. The lowest BCUT2D eigenvalue weighted by Crippen LogP contribution is -2.40. The summed E-state index contributed by atoms with van der Waals surface area (Å²) >= 11 is 5.85. The number of allylic oxidation sites excluding steroid dienone is 2. The summed E-state index contributed by atoms with van der Waals surface area (Å²) in [5, 5.41) is 16.3. The molecule has 0 N–H and O–H groups in total. The predicted molar refractivity (Wildman–Crippen MR) is 110 cm³/mol. The molecule has 5 aliphatic rings. The van der Waals surface area contributed by atoms with Crippen molar-refractivity contribution in [1.29, 1.82) is 0 Å². The Bertz CT molecular complexity index is 1180. The van der Waals surface area contributed by atoms with E-state index in [-0.39, 0.29) is 46.2 Å². The van der Waals surface area contributed by atoms with Crippen molar-refractivity contribution < 1.29 is 18.9 Å². The third-order valence-corrected chi connectivity index (χ3v) is 7.31. The lowest BCUT2D eigenvalue weighted by molar-refractivity contribution is -0.384. The zero-order valence-electron chi connectivity index (χ0n) is 16.1. The second-order valence-corrected chi connectivity index (χ2v) is 8.92. The van der Waals surface area contributed by atoms with Crippen LogP contribution < -0.4 is 0 Å². The van der Waals surface area contributed by atoms with Crippen molar-refractivity contribution in [3.63, 3.8) is 0 Å². The summed E-state index contributed by atoms with van der Waals surface area (Å²) in [6.07, 6.45) is 6.67. The van der Waals surface area contributed by atoms with E-state index < -0.39 is 4.92 Å². The highest BCUT2D eigenvalue weighted by atomic mass is 35.5. The molecule has 7 rings (SSSR count). The van der Waals surface area contributed by atoms with Gasteiger partial charge in [-0.1, -0.05) is 23.8 Å². The van der Waals surface area contributed by atoms with E-state index >= 15 is 0 Å². The molecule has 4 aliphatic carbocycles. The van der Waals surface area contributed by atoms with Gasteiger partial charge in [0.25, 0.3) is 17.5 Å². The van der Waals surface area contributed by atoms with E-state index in [1.54, 1.807) is 18.2 Å². The number of hydrazone groups is 1. The SMILES string of the molecule is O=C1[C@H]2[C@@H]3C=C[C@H]([C@H]4C[C@H]34)[C@@H]2C(=O)N1/N=C\c1ccc(-c2ccc(Cl)c([N+](=O)[O-])c2)o1. The van der Waals surface area contributed by atoms with E-state index in [0.29, 0.717) is 28.9 Å². The summed E-state index contributed by atoms with van der Waals surface area (Å²) in [5.74, 6) is 0.992. The van der Waals surface area contributed by atoms with E-state index in [9.17, 15) is 19.7 Å². The van der Waals surface area contributed by atoms with Gasteiger partial charge in [0.2, 0.25) is 0 Å². The van der Waals surface area contributed by atoms with Crippen LogP contribution in [0.2, 0.25) is 5.02 Å². The van der Waals surface area contributed by atoms with Crippen molar-refractivity contribution in [2.75, 3.05) is 0 Å². The van der Waals surface area contributed by atoms with Gasteiger partial charge in [-0.15, -0.1) is 0 Å². The number of furan rings is 1. The Morgan fingerprint density at radius 1 is 1.10 bits per heavy atom. The zero-order chi connectivity index (χ0) is 21.4. The van der Waals surface area contributed by atoms with E-state index in [1.165, 1.54) is 18.3 Å². The Balaban J connectivity index is 1.24. The molecule has 1 aliphatic heterocycles. The smallest absolute Gasteiger partial charge is 0.288 e. The maximum absolute atomic E-state index is 12.9. The fraction of sp³-hybridized carbons (Fsp3) is 0.318. The summed E-state index contributed by atoms with van der Waals surface area (Å²) in [4.78, 5) is 36.4. The number of halogens is 1. The zero-order valence-corrected chi connectivity index (χ0v) is 16.8. The number of nitro groups is 1. The minimum Gasteiger partial charge on any atom is -0.455 e. The van der Waals surface area contributed by atoms with E-state index in [2.05, 4.69) is 17.3 Å². The number of hydrogen-bond acceptors (Lipinski definition) is 6. The van der Waals surface area contributed by atoms with Crippen molar-refractivity contribution in [2.24, 2.45) is 40.6 Å². The molecule has 1 saturated heterocycles. The first-order valence-corrected chi connectivity index (χ1v) is 10.5. The van der Waals surface area contributed by atoms with Crippen LogP contribution >= 0.6 is 11.6 Å². The first-order valence-electron chi connectivity index (χ1n) is 10.1. The molecular formula is C22H16ClN3O5. The van der Waals surface area contributed by atoms with Gasteiger partial charge in [0.15, 0.2) is 0 Å². The van der Waals surface area contributed by atoms with Crippen LogP contribution in [0, 0.1) is 45.6 Å². The number of hydrogen-bond donors (Lipinski definition) is 0. The lowest BCUT2D eigenvalue weighted by Gasteiger charge is -2.37. The Labute approximate surface area is 181 Å². The van der Waals surface area contributed by atoms with Gasteiger partial charge < -0.3 is 4.42 Å².